The molecule has 1 N–H and O–H groups in total. The van der Waals surface area contributed by atoms with Crippen LogP contribution in [0.15, 0.2) is 82.6 Å². The Morgan fingerprint density at radius 1 is 0.950 bits per heavy atom. The third-order valence-electron chi connectivity index (χ3n) is 6.81. The number of anilines is 1. The number of halogens is 4. The van der Waals surface area contributed by atoms with E-state index < -0.39 is 40.6 Å². The highest BCUT2D eigenvalue weighted by Gasteiger charge is 2.56. The number of amides is 2. The van der Waals surface area contributed by atoms with Crippen LogP contribution < -0.4 is 14.5 Å². The van der Waals surface area contributed by atoms with Crippen LogP contribution in [0.4, 0.5) is 18.9 Å². The van der Waals surface area contributed by atoms with Gasteiger partial charge in [0.2, 0.25) is 11.8 Å². The minimum atomic E-state index is -4.63. The first-order chi connectivity index (χ1) is 19.1. The second-order valence-electron chi connectivity index (χ2n) is 9.29. The number of benzene rings is 3. The third kappa shape index (κ3) is 4.82. The predicted molar refractivity (Wildman–Crippen MR) is 146 cm³/mol. The summed E-state index contributed by atoms with van der Waals surface area (Å²) in [4.78, 5) is 43.4. The van der Waals surface area contributed by atoms with Crippen molar-refractivity contribution in [2.75, 3.05) is 4.90 Å². The number of ether oxygens (including phenoxy) is 1. The maximum Gasteiger partial charge on any atom is 0.416 e. The molecule has 3 aromatic carbocycles. The molecule has 40 heavy (non-hydrogen) atoms. The van der Waals surface area contributed by atoms with Crippen molar-refractivity contribution in [2.45, 2.75) is 29.0 Å². The van der Waals surface area contributed by atoms with E-state index in [-0.39, 0.29) is 10.6 Å². The topological polar surface area (TPSA) is 79.5 Å². The lowest BCUT2D eigenvalue weighted by atomic mass is 9.83. The Hall–Kier alpha value is -3.54. The predicted octanol–water partition coefficient (Wildman–Crippen LogP) is 6.48. The van der Waals surface area contributed by atoms with Crippen molar-refractivity contribution >= 4 is 52.2 Å². The first-order valence-electron chi connectivity index (χ1n) is 12.0. The lowest BCUT2D eigenvalue weighted by Gasteiger charge is -2.29. The van der Waals surface area contributed by atoms with Crippen molar-refractivity contribution in [3.63, 3.8) is 0 Å². The molecule has 1 saturated heterocycles. The molecule has 0 spiro atoms. The number of thioether (sulfide) groups is 1. The molecule has 1 fully saturated rings. The smallest absolute Gasteiger partial charge is 0.416 e. The number of imide groups is 1. The number of rotatable bonds is 5. The normalized spacial score (nSPS) is 20.4. The Kier molecular flexibility index (Phi) is 6.76. The number of aromatic nitrogens is 1. The first-order valence-corrected chi connectivity index (χ1v) is 14.1. The van der Waals surface area contributed by atoms with E-state index >= 15 is 0 Å². The average Bonchev–Trinajstić information content (AvgIpc) is 3.42. The fourth-order valence-corrected chi connectivity index (χ4v) is 7.61. The highest BCUT2D eigenvalue weighted by atomic mass is 35.5. The molecule has 3 heterocycles. The van der Waals surface area contributed by atoms with E-state index in [1.807, 2.05) is 12.1 Å². The van der Waals surface area contributed by atoms with Crippen LogP contribution in [0.2, 0.25) is 5.02 Å². The van der Waals surface area contributed by atoms with Gasteiger partial charge in [-0.2, -0.15) is 13.2 Å². The molecule has 0 saturated carbocycles. The molecule has 12 heteroatoms. The molecule has 6 rings (SSSR count). The van der Waals surface area contributed by atoms with E-state index in [4.69, 9.17) is 16.3 Å². The van der Waals surface area contributed by atoms with Crippen LogP contribution in [-0.2, 0) is 22.4 Å². The number of thiazole rings is 1. The molecule has 3 atom stereocenters. The fourth-order valence-electron chi connectivity index (χ4n) is 4.97. The lowest BCUT2D eigenvalue weighted by molar-refractivity contribution is -0.137. The third-order valence-corrected chi connectivity index (χ3v) is 9.47. The van der Waals surface area contributed by atoms with Crippen LogP contribution in [0.5, 0.6) is 5.75 Å². The highest BCUT2D eigenvalue weighted by Crippen LogP contribution is 2.53. The minimum absolute atomic E-state index is 0.138. The summed E-state index contributed by atoms with van der Waals surface area (Å²) in [5.41, 5.74) is 0.508. The summed E-state index contributed by atoms with van der Waals surface area (Å²) >= 11 is 7.95. The van der Waals surface area contributed by atoms with Crippen molar-refractivity contribution < 1.29 is 27.5 Å². The van der Waals surface area contributed by atoms with Gasteiger partial charge < -0.3 is 9.72 Å². The van der Waals surface area contributed by atoms with Gasteiger partial charge in [-0.05, 0) is 53.6 Å². The Labute approximate surface area is 238 Å². The molecule has 2 amide bonds. The van der Waals surface area contributed by atoms with E-state index in [0.717, 1.165) is 45.7 Å². The standard InChI is InChI=1S/C28H18ClF3N2O4S2/c29-17-8-4-14(5-9-17)13-38-19-10-6-15(7-11-19)20-21-23(39-24-22(20)40-27(37)33-24)26(36)34(25(21)35)18-3-1-2-16(12-18)28(30,31)32/h1-12,20-21,23H,13H2,(H,33,37)/t20-,21?,23?/m1/s1. The van der Waals surface area contributed by atoms with Crippen molar-refractivity contribution in [3.8, 4) is 5.75 Å². The van der Waals surface area contributed by atoms with Crippen LogP contribution in [0.3, 0.4) is 0 Å². The Morgan fingerprint density at radius 3 is 2.38 bits per heavy atom. The number of hydrogen-bond acceptors (Lipinski definition) is 6. The molecule has 1 aromatic heterocycles. The van der Waals surface area contributed by atoms with Crippen LogP contribution in [0.25, 0.3) is 0 Å². The monoisotopic (exact) mass is 602 g/mol. The quantitative estimate of drug-likeness (QED) is 0.264. The number of carbonyl (C=O) groups excluding carboxylic acids is 2. The lowest BCUT2D eigenvalue weighted by Crippen LogP contribution is -2.32. The summed E-state index contributed by atoms with van der Waals surface area (Å²) in [6, 6.07) is 18.4. The van der Waals surface area contributed by atoms with Crippen molar-refractivity contribution in [1.82, 2.24) is 4.98 Å². The fraction of sp³-hybridized carbons (Fsp3) is 0.179. The number of aromatic amines is 1. The number of fused-ring (bicyclic) bond motifs is 2. The molecule has 0 aliphatic carbocycles. The Morgan fingerprint density at radius 2 is 1.68 bits per heavy atom. The van der Waals surface area contributed by atoms with Gasteiger partial charge in [0.1, 0.15) is 17.6 Å². The average molecular weight is 603 g/mol. The molecule has 6 nitrogen and oxygen atoms in total. The Bertz CT molecular complexity index is 1670. The molecule has 2 aliphatic heterocycles. The van der Waals surface area contributed by atoms with Crippen molar-refractivity contribution in [2.24, 2.45) is 5.92 Å². The maximum absolute atomic E-state index is 13.8. The minimum Gasteiger partial charge on any atom is -0.489 e. The molecule has 0 bridgehead atoms. The number of H-pyrrole nitrogens is 1. The largest absolute Gasteiger partial charge is 0.489 e. The molecule has 2 aliphatic rings. The van der Waals surface area contributed by atoms with Crippen LogP contribution in [0.1, 0.15) is 27.5 Å². The van der Waals surface area contributed by atoms with Crippen LogP contribution in [0, 0.1) is 5.92 Å². The number of hydrogen-bond donors (Lipinski definition) is 1. The van der Waals surface area contributed by atoms with Gasteiger partial charge in [0.15, 0.2) is 0 Å². The summed E-state index contributed by atoms with van der Waals surface area (Å²) in [6.07, 6.45) is -4.63. The van der Waals surface area contributed by atoms with E-state index in [0.29, 0.717) is 32.8 Å². The van der Waals surface area contributed by atoms with Gasteiger partial charge in [0, 0.05) is 15.8 Å². The first kappa shape index (κ1) is 26.7. The summed E-state index contributed by atoms with van der Waals surface area (Å²) < 4.78 is 46.0. The van der Waals surface area contributed by atoms with Gasteiger partial charge in [0.05, 0.1) is 22.2 Å². The second-order valence-corrected chi connectivity index (χ2v) is 11.9. The van der Waals surface area contributed by atoms with Gasteiger partial charge in [0.25, 0.3) is 0 Å². The maximum atomic E-state index is 13.8. The van der Waals surface area contributed by atoms with E-state index in [2.05, 4.69) is 4.98 Å². The Balaban J connectivity index is 1.32. The SMILES string of the molecule is O=C1C2Sc3[nH]c(=O)sc3[C@H](c3ccc(OCc4ccc(Cl)cc4)cc3)C2C(=O)N1c1cccc(C(F)(F)F)c1. The van der Waals surface area contributed by atoms with Gasteiger partial charge >= 0.3 is 11.0 Å². The second kappa shape index (κ2) is 10.1. The number of nitrogens with zero attached hydrogens (tertiary/aromatic N) is 1. The zero-order chi connectivity index (χ0) is 28.2. The van der Waals surface area contributed by atoms with E-state index in [1.165, 1.54) is 12.1 Å². The van der Waals surface area contributed by atoms with E-state index in [9.17, 15) is 27.6 Å². The van der Waals surface area contributed by atoms with Gasteiger partial charge in [-0.3, -0.25) is 14.4 Å². The van der Waals surface area contributed by atoms with Gasteiger partial charge in [-0.25, -0.2) is 4.90 Å². The summed E-state index contributed by atoms with van der Waals surface area (Å²) in [6.45, 7) is 0.309. The van der Waals surface area contributed by atoms with Gasteiger partial charge in [-0.1, -0.05) is 65.0 Å². The summed E-state index contributed by atoms with van der Waals surface area (Å²) in [5.74, 6) is -2.22. The number of carbonyl (C=O) groups is 2. The molecular weight excluding hydrogens is 585 g/mol. The van der Waals surface area contributed by atoms with Crippen LogP contribution in [-0.4, -0.2) is 22.0 Å². The zero-order valence-corrected chi connectivity index (χ0v) is 22.7. The van der Waals surface area contributed by atoms with Crippen LogP contribution >= 0.6 is 34.7 Å². The number of alkyl halides is 3. The molecule has 2 unspecified atom stereocenters. The zero-order valence-electron chi connectivity index (χ0n) is 20.3. The molecular formula is C28H18ClF3N2O4S2. The highest BCUT2D eigenvalue weighted by molar-refractivity contribution is 8.00. The summed E-state index contributed by atoms with van der Waals surface area (Å²) in [7, 11) is 0. The van der Waals surface area contributed by atoms with Crippen molar-refractivity contribution in [3.05, 3.63) is 109 Å². The van der Waals surface area contributed by atoms with Crippen molar-refractivity contribution in [1.29, 1.82) is 0 Å². The molecule has 0 radical (unpaired) electrons. The number of nitrogens with one attached hydrogen (secondary N) is 1. The molecule has 4 aromatic rings. The molecule has 204 valence electrons. The van der Waals surface area contributed by atoms with E-state index in [1.54, 1.807) is 36.4 Å². The summed E-state index contributed by atoms with van der Waals surface area (Å²) in [5, 5.41) is 0.192. The van der Waals surface area contributed by atoms with Gasteiger partial charge in [-0.15, -0.1) is 0 Å².